The number of H-pyrrole nitrogens is 1. The lowest BCUT2D eigenvalue weighted by atomic mass is 9.98. The fourth-order valence-corrected chi connectivity index (χ4v) is 1.87. The van der Waals surface area contributed by atoms with E-state index in [9.17, 15) is 9.59 Å². The third-order valence-corrected chi connectivity index (χ3v) is 3.18. The molecule has 6 heteroatoms. The molecule has 6 nitrogen and oxygen atoms in total. The van der Waals surface area contributed by atoms with E-state index in [4.69, 9.17) is 10.00 Å². The van der Waals surface area contributed by atoms with E-state index < -0.39 is 17.4 Å². The molecule has 19 heavy (non-hydrogen) atoms. The summed E-state index contributed by atoms with van der Waals surface area (Å²) in [4.78, 5) is 25.9. The minimum Gasteiger partial charge on any atom is -0.451 e. The van der Waals surface area contributed by atoms with Gasteiger partial charge < -0.3 is 15.0 Å². The summed E-state index contributed by atoms with van der Waals surface area (Å²) in [5, 5.41) is 11.7. The fourth-order valence-electron chi connectivity index (χ4n) is 1.87. The maximum atomic E-state index is 11.7. The van der Waals surface area contributed by atoms with Gasteiger partial charge in [0.2, 0.25) is 0 Å². The van der Waals surface area contributed by atoms with Crippen molar-refractivity contribution >= 4 is 11.9 Å². The van der Waals surface area contributed by atoms with Crippen molar-refractivity contribution in [2.45, 2.75) is 25.3 Å². The summed E-state index contributed by atoms with van der Waals surface area (Å²) < 4.78 is 4.85. The number of ether oxygens (including phenoxy) is 1. The molecule has 1 heterocycles. The summed E-state index contributed by atoms with van der Waals surface area (Å²) in [6, 6.07) is 5.33. The first-order chi connectivity index (χ1) is 9.05. The second kappa shape index (κ2) is 5.14. The Labute approximate surface area is 110 Å². The smallest absolute Gasteiger partial charge is 0.355 e. The van der Waals surface area contributed by atoms with E-state index in [0.29, 0.717) is 0 Å². The molecule has 0 bridgehead atoms. The van der Waals surface area contributed by atoms with Crippen LogP contribution in [0.4, 0.5) is 0 Å². The van der Waals surface area contributed by atoms with Crippen LogP contribution in [0.2, 0.25) is 0 Å². The van der Waals surface area contributed by atoms with Crippen LogP contribution in [0.15, 0.2) is 18.3 Å². The number of amides is 1. The largest absolute Gasteiger partial charge is 0.451 e. The molecule has 1 aliphatic rings. The Kier molecular flexibility index (Phi) is 3.56. The average molecular weight is 261 g/mol. The van der Waals surface area contributed by atoms with Crippen molar-refractivity contribution in [2.24, 2.45) is 5.92 Å². The quantitative estimate of drug-likeness (QED) is 0.772. The lowest BCUT2D eigenvalue weighted by Crippen LogP contribution is -2.48. The third kappa shape index (κ3) is 3.13. The van der Waals surface area contributed by atoms with Crippen LogP contribution in [0.25, 0.3) is 0 Å². The predicted molar refractivity (Wildman–Crippen MR) is 66.0 cm³/mol. The maximum Gasteiger partial charge on any atom is 0.355 e. The summed E-state index contributed by atoms with van der Waals surface area (Å²) >= 11 is 0. The van der Waals surface area contributed by atoms with Gasteiger partial charge in [0, 0.05) is 6.20 Å². The van der Waals surface area contributed by atoms with Crippen molar-refractivity contribution in [2.75, 3.05) is 6.61 Å². The fraction of sp³-hybridized carbons (Fsp3) is 0.462. The monoisotopic (exact) mass is 261 g/mol. The number of rotatable bonds is 5. The van der Waals surface area contributed by atoms with E-state index in [1.54, 1.807) is 25.3 Å². The van der Waals surface area contributed by atoms with Gasteiger partial charge in [-0.25, -0.2) is 4.79 Å². The highest BCUT2D eigenvalue weighted by Crippen LogP contribution is 2.39. The number of hydrogen-bond acceptors (Lipinski definition) is 4. The summed E-state index contributed by atoms with van der Waals surface area (Å²) in [5.74, 6) is -0.860. The van der Waals surface area contributed by atoms with Crippen LogP contribution >= 0.6 is 0 Å². The molecular formula is C13H15N3O3. The van der Waals surface area contributed by atoms with E-state index in [0.717, 1.165) is 12.8 Å². The van der Waals surface area contributed by atoms with E-state index >= 15 is 0 Å². The van der Waals surface area contributed by atoms with Crippen LogP contribution in [-0.2, 0) is 9.53 Å². The maximum absolute atomic E-state index is 11.7. The Morgan fingerprint density at radius 2 is 2.37 bits per heavy atom. The molecule has 1 amide bonds. The van der Waals surface area contributed by atoms with Gasteiger partial charge in [-0.3, -0.25) is 4.79 Å². The second-order valence-corrected chi connectivity index (χ2v) is 4.80. The van der Waals surface area contributed by atoms with Crippen molar-refractivity contribution in [3.8, 4) is 6.07 Å². The van der Waals surface area contributed by atoms with Gasteiger partial charge in [-0.15, -0.1) is 0 Å². The number of aromatic amines is 1. The molecule has 0 saturated heterocycles. The van der Waals surface area contributed by atoms with Gasteiger partial charge in [0.1, 0.15) is 11.2 Å². The van der Waals surface area contributed by atoms with Crippen molar-refractivity contribution in [3.63, 3.8) is 0 Å². The number of esters is 1. The molecule has 1 fully saturated rings. The SMILES string of the molecule is C[C@](C#N)(NC(=O)COC(=O)c1ccc[nH]1)C1CC1. The van der Waals surface area contributed by atoms with E-state index in [1.165, 1.54) is 0 Å². The third-order valence-electron chi connectivity index (χ3n) is 3.18. The van der Waals surface area contributed by atoms with Gasteiger partial charge in [-0.05, 0) is 37.8 Å². The van der Waals surface area contributed by atoms with Gasteiger partial charge in [0.05, 0.1) is 6.07 Å². The highest BCUT2D eigenvalue weighted by Gasteiger charge is 2.43. The number of carbonyl (C=O) groups is 2. The molecule has 2 N–H and O–H groups in total. The molecule has 1 atom stereocenters. The summed E-state index contributed by atoms with van der Waals surface area (Å²) in [5.41, 5.74) is -0.575. The highest BCUT2D eigenvalue weighted by molar-refractivity contribution is 5.89. The Bertz CT molecular complexity index is 514. The van der Waals surface area contributed by atoms with Crippen molar-refractivity contribution < 1.29 is 14.3 Å². The van der Waals surface area contributed by atoms with Crippen LogP contribution in [-0.4, -0.2) is 29.0 Å². The summed E-state index contributed by atoms with van der Waals surface area (Å²) in [6.07, 6.45) is 3.47. The molecule has 0 aromatic carbocycles. The number of nitriles is 1. The molecule has 0 radical (unpaired) electrons. The first-order valence-electron chi connectivity index (χ1n) is 6.08. The molecule has 2 rings (SSSR count). The zero-order chi connectivity index (χ0) is 13.9. The van der Waals surface area contributed by atoms with E-state index in [2.05, 4.69) is 16.4 Å². The first kappa shape index (κ1) is 13.1. The van der Waals surface area contributed by atoms with Gasteiger partial charge in [0.25, 0.3) is 5.91 Å². The minimum atomic E-state index is -0.865. The Morgan fingerprint density at radius 1 is 1.63 bits per heavy atom. The van der Waals surface area contributed by atoms with Crippen LogP contribution in [0.3, 0.4) is 0 Å². The summed E-state index contributed by atoms with van der Waals surface area (Å²) in [7, 11) is 0. The number of nitrogens with one attached hydrogen (secondary N) is 2. The van der Waals surface area contributed by atoms with Crippen LogP contribution in [0.5, 0.6) is 0 Å². The number of aromatic nitrogens is 1. The zero-order valence-electron chi connectivity index (χ0n) is 10.6. The molecule has 1 aromatic heterocycles. The molecule has 100 valence electrons. The van der Waals surface area contributed by atoms with Gasteiger partial charge in [-0.1, -0.05) is 0 Å². The van der Waals surface area contributed by atoms with Crippen LogP contribution in [0, 0.1) is 17.2 Å². The van der Waals surface area contributed by atoms with E-state index in [1.807, 2.05) is 0 Å². The molecule has 1 aliphatic carbocycles. The normalized spacial score (nSPS) is 17.1. The lowest BCUT2D eigenvalue weighted by Gasteiger charge is -2.22. The molecule has 0 unspecified atom stereocenters. The standard InChI is InChI=1S/C13H15N3O3/c1-13(8-14,9-4-5-9)16-11(17)7-19-12(18)10-3-2-6-15-10/h2-3,6,9,15H,4-5,7H2,1H3,(H,16,17)/t13-/m1/s1. The number of nitrogens with zero attached hydrogens (tertiary/aromatic N) is 1. The minimum absolute atomic E-state index is 0.195. The van der Waals surface area contributed by atoms with Gasteiger partial charge >= 0.3 is 5.97 Å². The van der Waals surface area contributed by atoms with Crippen LogP contribution in [0.1, 0.15) is 30.3 Å². The average Bonchev–Trinajstić information content (AvgIpc) is 3.12. The van der Waals surface area contributed by atoms with E-state index in [-0.39, 0.29) is 18.2 Å². The highest BCUT2D eigenvalue weighted by atomic mass is 16.5. The van der Waals surface area contributed by atoms with Crippen molar-refractivity contribution in [3.05, 3.63) is 24.0 Å². The Balaban J connectivity index is 1.82. The Morgan fingerprint density at radius 3 is 2.89 bits per heavy atom. The topological polar surface area (TPSA) is 95.0 Å². The van der Waals surface area contributed by atoms with Crippen molar-refractivity contribution in [1.29, 1.82) is 5.26 Å². The van der Waals surface area contributed by atoms with Crippen LogP contribution < -0.4 is 5.32 Å². The second-order valence-electron chi connectivity index (χ2n) is 4.80. The first-order valence-corrected chi connectivity index (χ1v) is 6.08. The molecule has 1 aromatic rings. The zero-order valence-corrected chi connectivity index (χ0v) is 10.6. The Hall–Kier alpha value is -2.29. The van der Waals surface area contributed by atoms with Crippen molar-refractivity contribution in [1.82, 2.24) is 10.3 Å². The molecule has 1 saturated carbocycles. The van der Waals surface area contributed by atoms with Gasteiger partial charge in [-0.2, -0.15) is 5.26 Å². The molecule has 0 spiro atoms. The predicted octanol–water partition coefficient (Wildman–Crippen LogP) is 0.980. The van der Waals surface area contributed by atoms with Gasteiger partial charge in [0.15, 0.2) is 6.61 Å². The molecule has 0 aliphatic heterocycles. The lowest BCUT2D eigenvalue weighted by molar-refractivity contribution is -0.125. The number of carbonyl (C=O) groups excluding carboxylic acids is 2. The molecular weight excluding hydrogens is 246 g/mol. The summed E-state index contributed by atoms with van der Waals surface area (Å²) in [6.45, 7) is 1.30. The number of hydrogen-bond donors (Lipinski definition) is 2.